The van der Waals surface area contributed by atoms with Crippen molar-refractivity contribution in [3.05, 3.63) is 23.8 Å². The summed E-state index contributed by atoms with van der Waals surface area (Å²) in [5.74, 6) is -0.961. The van der Waals surface area contributed by atoms with Gasteiger partial charge in [-0.05, 0) is 31.4 Å². The van der Waals surface area contributed by atoms with Gasteiger partial charge in [-0.15, -0.1) is 0 Å². The van der Waals surface area contributed by atoms with E-state index in [2.05, 4.69) is 5.32 Å². The van der Waals surface area contributed by atoms with Gasteiger partial charge in [-0.1, -0.05) is 0 Å². The van der Waals surface area contributed by atoms with Gasteiger partial charge >= 0.3 is 0 Å². The lowest BCUT2D eigenvalue weighted by Gasteiger charge is -2.29. The molecule has 0 bridgehead atoms. The number of nitrogens with one attached hydrogen (secondary N) is 1. The van der Waals surface area contributed by atoms with Gasteiger partial charge in [0.2, 0.25) is 0 Å². The standard InChI is InChI=1S/C12H16F2N2/c1-15-9-7-10(13)12(11(14)8-9)16-5-3-2-4-6-16/h7-8,15H,2-6H2,1H3. The zero-order valence-electron chi connectivity index (χ0n) is 9.39. The number of halogens is 2. The van der Waals surface area contributed by atoms with Crippen LogP contribution < -0.4 is 10.2 Å². The highest BCUT2D eigenvalue weighted by atomic mass is 19.1. The normalized spacial score (nSPS) is 16.3. The molecule has 0 saturated carbocycles. The quantitative estimate of drug-likeness (QED) is 0.834. The van der Waals surface area contributed by atoms with Gasteiger partial charge in [0.1, 0.15) is 5.69 Å². The Labute approximate surface area is 94.3 Å². The van der Waals surface area contributed by atoms with Crippen molar-refractivity contribution in [1.82, 2.24) is 0 Å². The van der Waals surface area contributed by atoms with E-state index in [0.29, 0.717) is 5.69 Å². The lowest BCUT2D eigenvalue weighted by molar-refractivity contribution is 0.531. The van der Waals surface area contributed by atoms with Gasteiger partial charge in [-0.25, -0.2) is 8.78 Å². The van der Waals surface area contributed by atoms with Crippen LogP contribution in [0.2, 0.25) is 0 Å². The van der Waals surface area contributed by atoms with Crippen LogP contribution in [-0.4, -0.2) is 20.1 Å². The second-order valence-corrected chi connectivity index (χ2v) is 4.09. The number of hydrogen-bond acceptors (Lipinski definition) is 2. The van der Waals surface area contributed by atoms with Crippen molar-refractivity contribution < 1.29 is 8.78 Å². The number of hydrogen-bond donors (Lipinski definition) is 1. The third kappa shape index (κ3) is 2.10. The van der Waals surface area contributed by atoms with E-state index < -0.39 is 11.6 Å². The average molecular weight is 226 g/mol. The van der Waals surface area contributed by atoms with Crippen LogP contribution in [-0.2, 0) is 0 Å². The molecule has 0 unspecified atom stereocenters. The molecule has 16 heavy (non-hydrogen) atoms. The molecule has 2 nitrogen and oxygen atoms in total. The zero-order chi connectivity index (χ0) is 11.5. The molecule has 0 radical (unpaired) electrons. The van der Waals surface area contributed by atoms with Crippen molar-refractivity contribution in [3.8, 4) is 0 Å². The van der Waals surface area contributed by atoms with Crippen molar-refractivity contribution >= 4 is 11.4 Å². The molecule has 2 rings (SSSR count). The summed E-state index contributed by atoms with van der Waals surface area (Å²) in [6.07, 6.45) is 3.16. The maximum atomic E-state index is 13.8. The van der Waals surface area contributed by atoms with E-state index in [1.165, 1.54) is 12.1 Å². The lowest BCUT2D eigenvalue weighted by atomic mass is 10.1. The highest BCUT2D eigenvalue weighted by molar-refractivity contribution is 5.57. The summed E-state index contributed by atoms with van der Waals surface area (Å²) in [7, 11) is 1.65. The van der Waals surface area contributed by atoms with Gasteiger partial charge < -0.3 is 10.2 Å². The third-order valence-corrected chi connectivity index (χ3v) is 2.98. The number of nitrogens with zero attached hydrogens (tertiary/aromatic N) is 1. The molecule has 0 aliphatic carbocycles. The molecule has 0 atom stereocenters. The van der Waals surface area contributed by atoms with Crippen LogP contribution in [0.3, 0.4) is 0 Å². The van der Waals surface area contributed by atoms with E-state index in [1.807, 2.05) is 0 Å². The van der Waals surface area contributed by atoms with Crippen molar-refractivity contribution in [2.45, 2.75) is 19.3 Å². The number of anilines is 2. The maximum Gasteiger partial charge on any atom is 0.151 e. The fourth-order valence-electron chi connectivity index (χ4n) is 2.13. The molecule has 88 valence electrons. The monoisotopic (exact) mass is 226 g/mol. The predicted octanol–water partition coefficient (Wildman–Crippen LogP) is 3.00. The van der Waals surface area contributed by atoms with Crippen LogP contribution in [0.25, 0.3) is 0 Å². The lowest BCUT2D eigenvalue weighted by Crippen LogP contribution is -2.31. The largest absolute Gasteiger partial charge is 0.388 e. The highest BCUT2D eigenvalue weighted by Crippen LogP contribution is 2.29. The zero-order valence-corrected chi connectivity index (χ0v) is 9.39. The third-order valence-electron chi connectivity index (χ3n) is 2.98. The summed E-state index contributed by atoms with van der Waals surface area (Å²) >= 11 is 0. The van der Waals surface area contributed by atoms with Crippen LogP contribution in [0.15, 0.2) is 12.1 Å². The van der Waals surface area contributed by atoms with Gasteiger partial charge in [0.15, 0.2) is 11.6 Å². The van der Waals surface area contributed by atoms with Crippen molar-refractivity contribution in [2.24, 2.45) is 0 Å². The fraction of sp³-hybridized carbons (Fsp3) is 0.500. The number of benzene rings is 1. The van der Waals surface area contributed by atoms with Crippen molar-refractivity contribution in [1.29, 1.82) is 0 Å². The summed E-state index contributed by atoms with van der Waals surface area (Å²) in [5, 5.41) is 2.74. The van der Waals surface area contributed by atoms with Crippen LogP contribution in [0.5, 0.6) is 0 Å². The average Bonchev–Trinajstić information content (AvgIpc) is 2.29. The minimum atomic E-state index is -0.480. The highest BCUT2D eigenvalue weighted by Gasteiger charge is 2.19. The summed E-state index contributed by atoms with van der Waals surface area (Å²) < 4.78 is 27.5. The Morgan fingerprint density at radius 1 is 1.06 bits per heavy atom. The first-order chi connectivity index (χ1) is 7.72. The Morgan fingerprint density at radius 3 is 2.12 bits per heavy atom. The molecule has 0 amide bonds. The fourth-order valence-corrected chi connectivity index (χ4v) is 2.13. The predicted molar refractivity (Wildman–Crippen MR) is 62.0 cm³/mol. The van der Waals surface area contributed by atoms with E-state index in [-0.39, 0.29) is 5.69 Å². The Bertz CT molecular complexity index is 350. The Hall–Kier alpha value is -1.32. The molecule has 0 spiro atoms. The first kappa shape index (κ1) is 11.2. The summed E-state index contributed by atoms with van der Waals surface area (Å²) in [6, 6.07) is 2.68. The second kappa shape index (κ2) is 4.68. The molecule has 1 aliphatic rings. The van der Waals surface area contributed by atoms with Crippen LogP contribution in [0.1, 0.15) is 19.3 Å². The van der Waals surface area contributed by atoms with E-state index in [0.717, 1.165) is 32.4 Å². The summed E-state index contributed by atoms with van der Waals surface area (Å²) in [4.78, 5) is 1.80. The molecule has 1 aromatic carbocycles. The molecule has 4 heteroatoms. The van der Waals surface area contributed by atoms with E-state index in [1.54, 1.807) is 11.9 Å². The first-order valence-electron chi connectivity index (χ1n) is 5.64. The first-order valence-corrected chi connectivity index (χ1v) is 5.64. The van der Waals surface area contributed by atoms with Gasteiger partial charge in [-0.2, -0.15) is 0 Å². The maximum absolute atomic E-state index is 13.8. The van der Waals surface area contributed by atoms with E-state index in [4.69, 9.17) is 0 Å². The SMILES string of the molecule is CNc1cc(F)c(N2CCCCC2)c(F)c1. The van der Waals surface area contributed by atoms with Crippen LogP contribution in [0, 0.1) is 11.6 Å². The van der Waals surface area contributed by atoms with Gasteiger partial charge in [-0.3, -0.25) is 0 Å². The molecule has 1 saturated heterocycles. The summed E-state index contributed by atoms with van der Waals surface area (Å²) in [6.45, 7) is 1.49. The molecule has 1 aliphatic heterocycles. The van der Waals surface area contributed by atoms with Crippen molar-refractivity contribution in [2.75, 3.05) is 30.4 Å². The minimum absolute atomic E-state index is 0.124. The van der Waals surface area contributed by atoms with Crippen LogP contribution in [0.4, 0.5) is 20.2 Å². The molecule has 1 aromatic rings. The summed E-state index contributed by atoms with van der Waals surface area (Å²) in [5.41, 5.74) is 0.592. The van der Waals surface area contributed by atoms with Crippen LogP contribution >= 0.6 is 0 Å². The molecule has 1 heterocycles. The minimum Gasteiger partial charge on any atom is -0.388 e. The number of piperidine rings is 1. The van der Waals surface area contributed by atoms with E-state index >= 15 is 0 Å². The van der Waals surface area contributed by atoms with Crippen molar-refractivity contribution in [3.63, 3.8) is 0 Å². The topological polar surface area (TPSA) is 15.3 Å². The van der Waals surface area contributed by atoms with Gasteiger partial charge in [0, 0.05) is 25.8 Å². The Morgan fingerprint density at radius 2 is 1.62 bits per heavy atom. The molecule has 0 aromatic heterocycles. The number of rotatable bonds is 2. The Balaban J connectivity index is 2.32. The molecular weight excluding hydrogens is 210 g/mol. The van der Waals surface area contributed by atoms with Gasteiger partial charge in [0.05, 0.1) is 0 Å². The molecule has 1 N–H and O–H groups in total. The second-order valence-electron chi connectivity index (χ2n) is 4.09. The van der Waals surface area contributed by atoms with Gasteiger partial charge in [0.25, 0.3) is 0 Å². The Kier molecular flexibility index (Phi) is 3.27. The molecule has 1 fully saturated rings. The smallest absolute Gasteiger partial charge is 0.151 e. The van der Waals surface area contributed by atoms with E-state index in [9.17, 15) is 8.78 Å². The molecular formula is C12H16F2N2.